The zero-order valence-corrected chi connectivity index (χ0v) is 10.9. The van der Waals surface area contributed by atoms with Crippen LogP contribution in [0.3, 0.4) is 0 Å². The number of ether oxygens (including phenoxy) is 1. The fourth-order valence-electron chi connectivity index (χ4n) is 1.92. The van der Waals surface area contributed by atoms with Crippen LogP contribution in [0.25, 0.3) is 0 Å². The van der Waals surface area contributed by atoms with E-state index in [4.69, 9.17) is 5.73 Å². The lowest BCUT2D eigenvalue weighted by Gasteiger charge is -2.12. The first-order chi connectivity index (χ1) is 9.11. The Kier molecular flexibility index (Phi) is 3.85. The van der Waals surface area contributed by atoms with Gasteiger partial charge in [-0.3, -0.25) is 4.79 Å². The van der Waals surface area contributed by atoms with Crippen LogP contribution in [0, 0.1) is 5.41 Å². The van der Waals surface area contributed by atoms with Crippen LogP contribution in [0.5, 0.6) is 0 Å². The molecule has 1 amide bonds. The van der Waals surface area contributed by atoms with Gasteiger partial charge in [-0.25, -0.2) is 4.79 Å². The van der Waals surface area contributed by atoms with Gasteiger partial charge in [0.1, 0.15) is 0 Å². The van der Waals surface area contributed by atoms with Crippen molar-refractivity contribution in [1.29, 1.82) is 0 Å². The normalized spacial score (nSPS) is 15.7. The van der Waals surface area contributed by atoms with Crippen molar-refractivity contribution >= 4 is 11.9 Å². The molecule has 19 heavy (non-hydrogen) atoms. The Labute approximate surface area is 112 Å². The van der Waals surface area contributed by atoms with E-state index in [1.54, 1.807) is 24.3 Å². The number of amides is 1. The molecule has 1 saturated carbocycles. The monoisotopic (exact) mass is 262 g/mol. The number of rotatable bonds is 5. The van der Waals surface area contributed by atoms with Crippen molar-refractivity contribution in [3.05, 3.63) is 35.4 Å². The number of hydrogen-bond acceptors (Lipinski definition) is 4. The molecule has 1 aliphatic carbocycles. The molecular formula is C14H18N2O3. The Hall–Kier alpha value is -1.88. The highest BCUT2D eigenvalue weighted by Gasteiger charge is 2.48. The van der Waals surface area contributed by atoms with Crippen LogP contribution in [0.1, 0.15) is 28.8 Å². The lowest BCUT2D eigenvalue weighted by atomic mass is 10.1. The van der Waals surface area contributed by atoms with Crippen molar-refractivity contribution in [2.24, 2.45) is 11.1 Å². The van der Waals surface area contributed by atoms with Crippen LogP contribution in [0.2, 0.25) is 0 Å². The average molecular weight is 262 g/mol. The fraction of sp³-hybridized carbons (Fsp3) is 0.429. The van der Waals surface area contributed by atoms with Crippen LogP contribution < -0.4 is 11.1 Å². The summed E-state index contributed by atoms with van der Waals surface area (Å²) >= 11 is 0. The maximum absolute atomic E-state index is 11.9. The van der Waals surface area contributed by atoms with E-state index in [0.29, 0.717) is 18.7 Å². The van der Waals surface area contributed by atoms with Gasteiger partial charge in [-0.1, -0.05) is 12.1 Å². The average Bonchev–Trinajstić information content (AvgIpc) is 3.25. The molecule has 5 heteroatoms. The molecular weight excluding hydrogens is 244 g/mol. The minimum Gasteiger partial charge on any atom is -0.465 e. The summed E-state index contributed by atoms with van der Waals surface area (Å²) in [4.78, 5) is 23.2. The van der Waals surface area contributed by atoms with Crippen molar-refractivity contribution < 1.29 is 14.3 Å². The molecule has 1 fully saturated rings. The number of benzene rings is 1. The van der Waals surface area contributed by atoms with Crippen LogP contribution >= 0.6 is 0 Å². The molecule has 0 atom stereocenters. The van der Waals surface area contributed by atoms with Gasteiger partial charge in [0.25, 0.3) is 0 Å². The van der Waals surface area contributed by atoms with Gasteiger partial charge in [0.05, 0.1) is 18.1 Å². The molecule has 0 unspecified atom stereocenters. The van der Waals surface area contributed by atoms with Gasteiger partial charge in [0, 0.05) is 13.1 Å². The summed E-state index contributed by atoms with van der Waals surface area (Å²) in [6.45, 7) is 0.849. The van der Waals surface area contributed by atoms with E-state index in [1.165, 1.54) is 7.11 Å². The first-order valence-corrected chi connectivity index (χ1v) is 6.27. The SMILES string of the molecule is COC(=O)c1ccc(CNC(=O)C2(CN)CC2)cc1. The van der Waals surface area contributed by atoms with Gasteiger partial charge in [0.2, 0.25) is 5.91 Å². The first kappa shape index (κ1) is 13.5. The summed E-state index contributed by atoms with van der Waals surface area (Å²) in [6.07, 6.45) is 1.74. The molecule has 0 spiro atoms. The minimum absolute atomic E-state index is 0.0204. The van der Waals surface area contributed by atoms with E-state index in [2.05, 4.69) is 10.1 Å². The molecule has 0 aromatic heterocycles. The highest BCUT2D eigenvalue weighted by Crippen LogP contribution is 2.44. The standard InChI is InChI=1S/C14H18N2O3/c1-19-12(17)11-4-2-10(3-5-11)8-16-13(18)14(9-15)6-7-14/h2-5H,6-9,15H2,1H3,(H,16,18). The van der Waals surface area contributed by atoms with Crippen LogP contribution in [0.4, 0.5) is 0 Å². The number of carbonyl (C=O) groups excluding carboxylic acids is 2. The van der Waals surface area contributed by atoms with Gasteiger partial charge in [-0.05, 0) is 30.5 Å². The third-order valence-corrected chi connectivity index (χ3v) is 3.55. The second kappa shape index (κ2) is 5.40. The van der Waals surface area contributed by atoms with Crippen molar-refractivity contribution in [2.45, 2.75) is 19.4 Å². The predicted octanol–water partition coefficient (Wildman–Crippen LogP) is 0.828. The lowest BCUT2D eigenvalue weighted by Crippen LogP contribution is -2.36. The van der Waals surface area contributed by atoms with Gasteiger partial charge < -0.3 is 15.8 Å². The Morgan fingerprint density at radius 1 is 1.32 bits per heavy atom. The third-order valence-electron chi connectivity index (χ3n) is 3.55. The van der Waals surface area contributed by atoms with Crippen LogP contribution in [0.15, 0.2) is 24.3 Å². The van der Waals surface area contributed by atoms with E-state index < -0.39 is 0 Å². The third kappa shape index (κ3) is 2.93. The molecule has 0 bridgehead atoms. The fourth-order valence-corrected chi connectivity index (χ4v) is 1.92. The van der Waals surface area contributed by atoms with Gasteiger partial charge in [0.15, 0.2) is 0 Å². The van der Waals surface area contributed by atoms with E-state index in [0.717, 1.165) is 18.4 Å². The van der Waals surface area contributed by atoms with Gasteiger partial charge in [-0.15, -0.1) is 0 Å². The maximum Gasteiger partial charge on any atom is 0.337 e. The number of nitrogens with two attached hydrogens (primary N) is 1. The predicted molar refractivity (Wildman–Crippen MR) is 70.3 cm³/mol. The molecule has 1 aliphatic rings. The highest BCUT2D eigenvalue weighted by atomic mass is 16.5. The molecule has 0 radical (unpaired) electrons. The van der Waals surface area contributed by atoms with Crippen molar-refractivity contribution in [3.63, 3.8) is 0 Å². The smallest absolute Gasteiger partial charge is 0.337 e. The second-order valence-corrected chi connectivity index (χ2v) is 4.86. The minimum atomic E-state index is -0.365. The summed E-state index contributed by atoms with van der Waals surface area (Å²) in [5, 5.41) is 2.88. The maximum atomic E-state index is 11.9. The van der Waals surface area contributed by atoms with Gasteiger partial charge in [-0.2, -0.15) is 0 Å². The van der Waals surface area contributed by atoms with Crippen molar-refractivity contribution in [3.8, 4) is 0 Å². The van der Waals surface area contributed by atoms with E-state index in [1.807, 2.05) is 0 Å². The molecule has 5 nitrogen and oxygen atoms in total. The number of esters is 1. The molecule has 0 aliphatic heterocycles. The number of carbonyl (C=O) groups is 2. The summed E-state index contributed by atoms with van der Waals surface area (Å²) < 4.78 is 4.62. The molecule has 2 rings (SSSR count). The molecule has 1 aromatic rings. The Bertz CT molecular complexity index is 478. The van der Waals surface area contributed by atoms with E-state index in [9.17, 15) is 9.59 Å². The summed E-state index contributed by atoms with van der Waals surface area (Å²) in [5.74, 6) is -0.345. The van der Waals surface area contributed by atoms with Crippen molar-refractivity contribution in [1.82, 2.24) is 5.32 Å². The highest BCUT2D eigenvalue weighted by molar-refractivity contribution is 5.89. The summed E-state index contributed by atoms with van der Waals surface area (Å²) in [5.41, 5.74) is 6.70. The summed E-state index contributed by atoms with van der Waals surface area (Å²) in [7, 11) is 1.35. The molecule has 102 valence electrons. The first-order valence-electron chi connectivity index (χ1n) is 6.27. The van der Waals surface area contributed by atoms with Crippen LogP contribution in [-0.2, 0) is 16.1 Å². The second-order valence-electron chi connectivity index (χ2n) is 4.86. The van der Waals surface area contributed by atoms with Crippen LogP contribution in [-0.4, -0.2) is 25.5 Å². The van der Waals surface area contributed by atoms with E-state index in [-0.39, 0.29) is 17.3 Å². The largest absolute Gasteiger partial charge is 0.465 e. The Morgan fingerprint density at radius 3 is 2.42 bits per heavy atom. The molecule has 0 heterocycles. The Morgan fingerprint density at radius 2 is 1.95 bits per heavy atom. The Balaban J connectivity index is 1.90. The topological polar surface area (TPSA) is 81.4 Å². The molecule has 3 N–H and O–H groups in total. The number of hydrogen-bond donors (Lipinski definition) is 2. The lowest BCUT2D eigenvalue weighted by molar-refractivity contribution is -0.126. The molecule has 1 aromatic carbocycles. The van der Waals surface area contributed by atoms with E-state index >= 15 is 0 Å². The quantitative estimate of drug-likeness (QED) is 0.770. The number of methoxy groups -OCH3 is 1. The molecule has 0 saturated heterocycles. The zero-order chi connectivity index (χ0) is 13.9. The number of nitrogens with one attached hydrogen (secondary N) is 1. The van der Waals surface area contributed by atoms with Crippen molar-refractivity contribution in [2.75, 3.05) is 13.7 Å². The summed E-state index contributed by atoms with van der Waals surface area (Å²) in [6, 6.07) is 6.97. The van der Waals surface area contributed by atoms with Gasteiger partial charge >= 0.3 is 5.97 Å². The zero-order valence-electron chi connectivity index (χ0n) is 10.9.